The van der Waals surface area contributed by atoms with Crippen molar-refractivity contribution in [1.82, 2.24) is 9.21 Å². The van der Waals surface area contributed by atoms with Crippen molar-refractivity contribution < 1.29 is 17.9 Å². The van der Waals surface area contributed by atoms with Gasteiger partial charge < -0.3 is 15.4 Å². The van der Waals surface area contributed by atoms with Crippen LogP contribution in [0.3, 0.4) is 0 Å². The molecular formula is C19H29N3O4S2. The molecule has 1 amide bonds. The Bertz CT molecular complexity index is 824. The van der Waals surface area contributed by atoms with Gasteiger partial charge in [-0.15, -0.1) is 11.3 Å². The maximum Gasteiger partial charge on any atom is 0.258 e. The number of rotatable bonds is 6. The molecular weight excluding hydrogens is 398 g/mol. The van der Waals surface area contributed by atoms with Gasteiger partial charge in [0.05, 0.1) is 10.6 Å². The predicted molar refractivity (Wildman–Crippen MR) is 109 cm³/mol. The summed E-state index contributed by atoms with van der Waals surface area (Å²) in [6.45, 7) is 3.77. The average molecular weight is 428 g/mol. The van der Waals surface area contributed by atoms with Crippen LogP contribution in [0.5, 0.6) is 0 Å². The molecule has 28 heavy (non-hydrogen) atoms. The zero-order chi connectivity index (χ0) is 19.9. The monoisotopic (exact) mass is 427 g/mol. The van der Waals surface area contributed by atoms with Gasteiger partial charge in [0.25, 0.3) is 5.91 Å². The van der Waals surface area contributed by atoms with Gasteiger partial charge in [0.1, 0.15) is 5.60 Å². The number of nitrogens with two attached hydrogens (primary N) is 1. The van der Waals surface area contributed by atoms with Gasteiger partial charge in [-0.1, -0.05) is 6.42 Å². The van der Waals surface area contributed by atoms with E-state index in [4.69, 9.17) is 10.5 Å². The number of thiophene rings is 1. The number of nitrogens with zero attached hydrogens (tertiary/aromatic N) is 2. The number of piperidine rings is 1. The van der Waals surface area contributed by atoms with Crippen LogP contribution < -0.4 is 5.73 Å². The van der Waals surface area contributed by atoms with E-state index in [1.54, 1.807) is 11.4 Å². The first-order chi connectivity index (χ1) is 13.4. The zero-order valence-corrected chi connectivity index (χ0v) is 17.9. The van der Waals surface area contributed by atoms with Crippen molar-refractivity contribution in [3.63, 3.8) is 0 Å². The summed E-state index contributed by atoms with van der Waals surface area (Å²) in [5.41, 5.74) is 5.10. The molecule has 7 nitrogen and oxygen atoms in total. The largest absolute Gasteiger partial charge is 0.372 e. The lowest BCUT2D eigenvalue weighted by Crippen LogP contribution is -2.59. The first-order valence-electron chi connectivity index (χ1n) is 10.0. The Kier molecular flexibility index (Phi) is 5.56. The lowest BCUT2D eigenvalue weighted by Gasteiger charge is -2.55. The van der Waals surface area contributed by atoms with Crippen molar-refractivity contribution >= 4 is 27.3 Å². The predicted octanol–water partition coefficient (Wildman–Crippen LogP) is 1.46. The second-order valence-electron chi connectivity index (χ2n) is 8.18. The molecule has 0 aromatic carbocycles. The number of primary amides is 1. The quantitative estimate of drug-likeness (QED) is 0.742. The van der Waals surface area contributed by atoms with Gasteiger partial charge in [-0.05, 0) is 31.4 Å². The highest BCUT2D eigenvalue weighted by Crippen LogP contribution is 2.53. The maximum absolute atomic E-state index is 12.1. The van der Waals surface area contributed by atoms with Crippen molar-refractivity contribution in [2.75, 3.05) is 45.6 Å². The molecule has 0 spiro atoms. The SMILES string of the molecule is CO[C@]1(c2ccc(C(N)=O)s2)[C@@H]2CCC[C@H]1CN(CCN1CCCS1(=O)=O)C2. The van der Waals surface area contributed by atoms with Crippen LogP contribution in [0.2, 0.25) is 0 Å². The third kappa shape index (κ3) is 3.41. The first kappa shape index (κ1) is 20.3. The fourth-order valence-electron chi connectivity index (χ4n) is 5.42. The summed E-state index contributed by atoms with van der Waals surface area (Å²) < 4.78 is 32.0. The van der Waals surface area contributed by atoms with Crippen LogP contribution in [-0.4, -0.2) is 69.1 Å². The maximum atomic E-state index is 12.1. The molecule has 0 unspecified atom stereocenters. The summed E-state index contributed by atoms with van der Waals surface area (Å²) in [7, 11) is -1.26. The van der Waals surface area contributed by atoms with Gasteiger partial charge in [-0.3, -0.25) is 4.79 Å². The third-order valence-corrected chi connectivity index (χ3v) is 9.90. The Labute approximate surface area is 170 Å². The number of hydrogen-bond donors (Lipinski definition) is 1. The standard InChI is InChI=1S/C19H29N3O4S2/c1-26-19(17-7-6-16(27-17)18(20)23)14-4-2-5-15(19)13-21(12-14)9-10-22-8-3-11-28(22,24)25/h6-7,14-15H,2-5,8-13H2,1H3,(H2,20,23)/t14-,15+,19-. The number of sulfonamides is 1. The minimum atomic E-state index is -3.04. The number of hydrogen-bond acceptors (Lipinski definition) is 6. The van der Waals surface area contributed by atoms with Crippen molar-refractivity contribution in [3.05, 3.63) is 21.9 Å². The van der Waals surface area contributed by atoms with E-state index < -0.39 is 15.9 Å². The van der Waals surface area contributed by atoms with E-state index in [9.17, 15) is 13.2 Å². The van der Waals surface area contributed by atoms with Crippen molar-refractivity contribution in [2.24, 2.45) is 17.6 Å². The molecule has 1 aromatic heterocycles. The van der Waals surface area contributed by atoms with Gasteiger partial charge >= 0.3 is 0 Å². The minimum absolute atomic E-state index is 0.283. The van der Waals surface area contributed by atoms with E-state index >= 15 is 0 Å². The Morgan fingerprint density at radius 3 is 2.50 bits per heavy atom. The lowest BCUT2D eigenvalue weighted by molar-refractivity contribution is -0.166. The molecule has 0 radical (unpaired) electrons. The van der Waals surface area contributed by atoms with E-state index in [2.05, 4.69) is 4.90 Å². The number of fused-ring (bicyclic) bond motifs is 2. The number of carbonyl (C=O) groups is 1. The lowest BCUT2D eigenvalue weighted by atomic mass is 9.64. The second-order valence-corrected chi connectivity index (χ2v) is 11.4. The smallest absolute Gasteiger partial charge is 0.258 e. The number of carbonyl (C=O) groups excluding carboxylic acids is 1. The van der Waals surface area contributed by atoms with Crippen molar-refractivity contribution in [2.45, 2.75) is 31.3 Å². The summed E-state index contributed by atoms with van der Waals surface area (Å²) in [5, 5.41) is 0. The van der Waals surface area contributed by atoms with Gasteiger partial charge in [0.2, 0.25) is 10.0 Å². The highest BCUT2D eigenvalue weighted by Gasteiger charge is 2.54. The molecule has 2 saturated heterocycles. The normalized spacial score (nSPS) is 33.2. The van der Waals surface area contributed by atoms with Crippen LogP contribution in [0.15, 0.2) is 12.1 Å². The molecule has 1 aliphatic carbocycles. The highest BCUT2D eigenvalue weighted by molar-refractivity contribution is 7.89. The Morgan fingerprint density at radius 1 is 1.25 bits per heavy atom. The molecule has 3 atom stereocenters. The fraction of sp³-hybridized carbons (Fsp3) is 0.737. The van der Waals surface area contributed by atoms with E-state index in [1.165, 1.54) is 17.8 Å². The molecule has 3 fully saturated rings. The average Bonchev–Trinajstić information content (AvgIpc) is 3.26. The van der Waals surface area contributed by atoms with Gasteiger partial charge in [0, 0.05) is 56.5 Å². The topological polar surface area (TPSA) is 92.9 Å². The van der Waals surface area contributed by atoms with Gasteiger partial charge in [-0.25, -0.2) is 12.7 Å². The van der Waals surface area contributed by atoms with E-state index in [-0.39, 0.29) is 11.4 Å². The Balaban J connectivity index is 1.51. The minimum Gasteiger partial charge on any atom is -0.372 e. The highest BCUT2D eigenvalue weighted by atomic mass is 32.2. The molecule has 2 aliphatic heterocycles. The number of ether oxygens (including phenoxy) is 1. The van der Waals surface area contributed by atoms with Gasteiger partial charge in [-0.2, -0.15) is 0 Å². The number of amides is 1. The van der Waals surface area contributed by atoms with Crippen molar-refractivity contribution in [1.29, 1.82) is 0 Å². The molecule has 2 bridgehead atoms. The van der Waals surface area contributed by atoms with Crippen LogP contribution in [0.1, 0.15) is 40.2 Å². The Hall–Kier alpha value is -1.00. The van der Waals surface area contributed by atoms with Gasteiger partial charge in [0.15, 0.2) is 0 Å². The van der Waals surface area contributed by atoms with Crippen LogP contribution in [0.4, 0.5) is 0 Å². The Morgan fingerprint density at radius 2 is 1.96 bits per heavy atom. The molecule has 156 valence electrons. The first-order valence-corrected chi connectivity index (χ1v) is 12.4. The summed E-state index contributed by atoms with van der Waals surface area (Å²) in [4.78, 5) is 15.7. The molecule has 3 aliphatic rings. The van der Waals surface area contributed by atoms with Crippen molar-refractivity contribution in [3.8, 4) is 0 Å². The summed E-state index contributed by atoms with van der Waals surface area (Å²) in [6, 6.07) is 3.81. The van der Waals surface area contributed by atoms with Crippen LogP contribution >= 0.6 is 11.3 Å². The van der Waals surface area contributed by atoms with E-state index in [0.717, 1.165) is 43.8 Å². The van der Waals surface area contributed by atoms with Crippen LogP contribution in [-0.2, 0) is 20.4 Å². The molecule has 2 N–H and O–H groups in total. The summed E-state index contributed by atoms with van der Waals surface area (Å²) >= 11 is 1.46. The summed E-state index contributed by atoms with van der Waals surface area (Å²) in [5.74, 6) is 0.557. The fourth-order valence-corrected chi connectivity index (χ4v) is 8.12. The molecule has 9 heteroatoms. The third-order valence-electron chi connectivity index (χ3n) is 6.72. The van der Waals surface area contributed by atoms with E-state index in [0.29, 0.717) is 29.8 Å². The molecule has 4 rings (SSSR count). The summed E-state index contributed by atoms with van der Waals surface area (Å²) in [6.07, 6.45) is 4.07. The molecule has 1 aromatic rings. The van der Waals surface area contributed by atoms with Crippen LogP contribution in [0.25, 0.3) is 0 Å². The van der Waals surface area contributed by atoms with E-state index in [1.807, 2.05) is 12.1 Å². The second kappa shape index (κ2) is 7.68. The zero-order valence-electron chi connectivity index (χ0n) is 16.3. The van der Waals surface area contributed by atoms with Crippen LogP contribution in [0, 0.1) is 11.8 Å². The number of methoxy groups -OCH3 is 1. The number of likely N-dealkylation sites (tertiary alicyclic amines) is 1. The molecule has 3 heterocycles. The molecule has 1 saturated carbocycles.